The number of halogens is 1. The molecule has 5 nitrogen and oxygen atoms in total. The predicted molar refractivity (Wildman–Crippen MR) is 97.2 cm³/mol. The summed E-state index contributed by atoms with van der Waals surface area (Å²) in [4.78, 5) is 12.1. The molecule has 0 bridgehead atoms. The van der Waals surface area contributed by atoms with Gasteiger partial charge in [0.15, 0.2) is 11.0 Å². The molecule has 7 heteroatoms. The lowest BCUT2D eigenvalue weighted by Crippen LogP contribution is -2.14. The molecule has 1 aromatic heterocycles. The first kappa shape index (κ1) is 16.5. The van der Waals surface area contributed by atoms with Crippen LogP contribution >= 0.6 is 23.4 Å². The largest absolute Gasteiger partial charge is 0.324 e. The molecule has 122 valence electrons. The van der Waals surface area contributed by atoms with Gasteiger partial charge in [-0.3, -0.25) is 4.79 Å². The fourth-order valence-corrected chi connectivity index (χ4v) is 3.05. The minimum Gasteiger partial charge on any atom is -0.324 e. The predicted octanol–water partition coefficient (Wildman–Crippen LogP) is 3.87. The van der Waals surface area contributed by atoms with Gasteiger partial charge in [-0.15, -0.1) is 10.2 Å². The molecule has 0 radical (unpaired) electrons. The minimum absolute atomic E-state index is 0.141. The summed E-state index contributed by atoms with van der Waals surface area (Å²) in [7, 11) is 1.89. The fourth-order valence-electron chi connectivity index (χ4n) is 2.16. The Balaban J connectivity index is 1.64. The maximum atomic E-state index is 12.1. The first-order chi connectivity index (χ1) is 11.6. The van der Waals surface area contributed by atoms with Gasteiger partial charge in [0, 0.05) is 12.6 Å². The number of thioether (sulfide) groups is 1. The van der Waals surface area contributed by atoms with Crippen LogP contribution in [-0.4, -0.2) is 26.4 Å². The average Bonchev–Trinajstić information content (AvgIpc) is 2.97. The highest BCUT2D eigenvalue weighted by Gasteiger charge is 2.13. The van der Waals surface area contributed by atoms with Gasteiger partial charge in [0.2, 0.25) is 5.91 Å². The van der Waals surface area contributed by atoms with Crippen molar-refractivity contribution in [2.45, 2.75) is 5.16 Å². The van der Waals surface area contributed by atoms with E-state index < -0.39 is 0 Å². The first-order valence-corrected chi connectivity index (χ1v) is 8.63. The summed E-state index contributed by atoms with van der Waals surface area (Å²) in [5.74, 6) is 0.855. The summed E-state index contributed by atoms with van der Waals surface area (Å²) in [5.41, 5.74) is 1.59. The lowest BCUT2D eigenvalue weighted by molar-refractivity contribution is -0.113. The molecule has 0 atom stereocenters. The van der Waals surface area contributed by atoms with Crippen LogP contribution in [0, 0.1) is 0 Å². The van der Waals surface area contributed by atoms with Gasteiger partial charge < -0.3 is 9.88 Å². The highest BCUT2D eigenvalue weighted by Crippen LogP contribution is 2.24. The topological polar surface area (TPSA) is 59.8 Å². The molecule has 1 heterocycles. The molecule has 0 spiro atoms. The van der Waals surface area contributed by atoms with Gasteiger partial charge in [0.05, 0.1) is 16.5 Å². The lowest BCUT2D eigenvalue weighted by Gasteiger charge is -2.07. The summed E-state index contributed by atoms with van der Waals surface area (Å²) < 4.78 is 1.88. The zero-order chi connectivity index (χ0) is 16.9. The van der Waals surface area contributed by atoms with Crippen LogP contribution in [-0.2, 0) is 11.8 Å². The molecule has 3 aromatic rings. The summed E-state index contributed by atoms with van der Waals surface area (Å²) in [6, 6.07) is 16.9. The van der Waals surface area contributed by atoms with Crippen LogP contribution in [0.1, 0.15) is 0 Å². The van der Waals surface area contributed by atoms with Gasteiger partial charge in [0.25, 0.3) is 0 Å². The van der Waals surface area contributed by atoms with E-state index in [1.165, 1.54) is 11.8 Å². The molecule has 2 aromatic carbocycles. The summed E-state index contributed by atoms with van der Waals surface area (Å²) >= 11 is 7.36. The Morgan fingerprint density at radius 2 is 1.83 bits per heavy atom. The van der Waals surface area contributed by atoms with Gasteiger partial charge in [-0.1, -0.05) is 65.8 Å². The van der Waals surface area contributed by atoms with Crippen molar-refractivity contribution in [3.63, 3.8) is 0 Å². The van der Waals surface area contributed by atoms with E-state index in [2.05, 4.69) is 15.5 Å². The first-order valence-electron chi connectivity index (χ1n) is 7.27. The number of rotatable bonds is 5. The van der Waals surface area contributed by atoms with E-state index in [0.29, 0.717) is 15.9 Å². The second kappa shape index (κ2) is 7.51. The Morgan fingerprint density at radius 1 is 1.12 bits per heavy atom. The third-order valence-corrected chi connectivity index (χ3v) is 4.70. The molecule has 0 aliphatic rings. The van der Waals surface area contributed by atoms with Gasteiger partial charge >= 0.3 is 0 Å². The quantitative estimate of drug-likeness (QED) is 0.703. The molecule has 3 rings (SSSR count). The molecule has 0 aliphatic heterocycles. The normalized spacial score (nSPS) is 10.6. The molecule has 0 saturated heterocycles. The van der Waals surface area contributed by atoms with Gasteiger partial charge in [0.1, 0.15) is 0 Å². The molecular formula is C17H15ClN4OS. The van der Waals surface area contributed by atoms with Crippen LogP contribution in [0.25, 0.3) is 11.4 Å². The number of nitrogens with zero attached hydrogens (tertiary/aromatic N) is 3. The number of amides is 1. The fraction of sp³-hybridized carbons (Fsp3) is 0.118. The monoisotopic (exact) mass is 358 g/mol. The number of benzene rings is 2. The van der Waals surface area contributed by atoms with Crippen LogP contribution in [0.5, 0.6) is 0 Å². The SMILES string of the molecule is Cn1c(SCC(=O)Nc2ccccc2Cl)nnc1-c1ccccc1. The third-order valence-electron chi connectivity index (χ3n) is 3.35. The van der Waals surface area contributed by atoms with Crippen LogP contribution in [0.4, 0.5) is 5.69 Å². The highest BCUT2D eigenvalue weighted by atomic mass is 35.5. The molecule has 0 saturated carbocycles. The molecule has 0 aliphatic carbocycles. The van der Waals surface area contributed by atoms with Gasteiger partial charge in [-0.05, 0) is 12.1 Å². The average molecular weight is 359 g/mol. The number of aromatic nitrogens is 3. The maximum absolute atomic E-state index is 12.1. The van der Waals surface area contributed by atoms with Crippen LogP contribution < -0.4 is 5.32 Å². The minimum atomic E-state index is -0.141. The van der Waals surface area contributed by atoms with Crippen molar-refractivity contribution in [1.29, 1.82) is 0 Å². The van der Waals surface area contributed by atoms with Crippen molar-refractivity contribution >= 4 is 35.0 Å². The third kappa shape index (κ3) is 3.77. The Labute approximate surface area is 149 Å². The van der Waals surface area contributed by atoms with Crippen molar-refractivity contribution < 1.29 is 4.79 Å². The molecule has 1 amide bonds. The maximum Gasteiger partial charge on any atom is 0.234 e. The van der Waals surface area contributed by atoms with E-state index in [-0.39, 0.29) is 11.7 Å². The number of nitrogens with one attached hydrogen (secondary N) is 1. The highest BCUT2D eigenvalue weighted by molar-refractivity contribution is 7.99. The molecule has 1 N–H and O–H groups in total. The molecule has 24 heavy (non-hydrogen) atoms. The Bertz CT molecular complexity index is 851. The van der Waals surface area contributed by atoms with Crippen LogP contribution in [0.3, 0.4) is 0 Å². The number of carbonyl (C=O) groups excluding carboxylic acids is 1. The molecule has 0 fully saturated rings. The second-order valence-electron chi connectivity index (χ2n) is 5.05. The van der Waals surface area contributed by atoms with Crippen molar-refractivity contribution in [3.05, 3.63) is 59.6 Å². The number of para-hydroxylation sites is 1. The Kier molecular flexibility index (Phi) is 5.17. The van der Waals surface area contributed by atoms with Crippen molar-refractivity contribution in [3.8, 4) is 11.4 Å². The number of carbonyl (C=O) groups is 1. The van der Waals surface area contributed by atoms with Crippen molar-refractivity contribution in [2.75, 3.05) is 11.1 Å². The van der Waals surface area contributed by atoms with Gasteiger partial charge in [-0.25, -0.2) is 0 Å². The van der Waals surface area contributed by atoms with E-state index in [0.717, 1.165) is 11.4 Å². The van der Waals surface area contributed by atoms with E-state index >= 15 is 0 Å². The van der Waals surface area contributed by atoms with E-state index in [1.54, 1.807) is 12.1 Å². The van der Waals surface area contributed by atoms with Crippen molar-refractivity contribution in [1.82, 2.24) is 14.8 Å². The van der Waals surface area contributed by atoms with E-state index in [9.17, 15) is 4.79 Å². The Morgan fingerprint density at radius 3 is 2.58 bits per heavy atom. The van der Waals surface area contributed by atoms with Crippen molar-refractivity contribution in [2.24, 2.45) is 7.05 Å². The van der Waals surface area contributed by atoms with E-state index in [1.807, 2.05) is 54.1 Å². The summed E-state index contributed by atoms with van der Waals surface area (Å²) in [6.45, 7) is 0. The smallest absolute Gasteiger partial charge is 0.234 e. The number of hydrogen-bond acceptors (Lipinski definition) is 4. The zero-order valence-electron chi connectivity index (χ0n) is 12.9. The zero-order valence-corrected chi connectivity index (χ0v) is 14.5. The standard InChI is InChI=1S/C17H15ClN4OS/c1-22-16(12-7-3-2-4-8-12)20-21-17(22)24-11-15(23)19-14-10-6-5-9-13(14)18/h2-10H,11H2,1H3,(H,19,23). The summed E-state index contributed by atoms with van der Waals surface area (Å²) in [5, 5.41) is 12.3. The second-order valence-corrected chi connectivity index (χ2v) is 6.40. The number of anilines is 1. The number of hydrogen-bond donors (Lipinski definition) is 1. The van der Waals surface area contributed by atoms with Crippen LogP contribution in [0.15, 0.2) is 59.8 Å². The molecular weight excluding hydrogens is 344 g/mol. The Hall–Kier alpha value is -2.31. The van der Waals surface area contributed by atoms with Gasteiger partial charge in [-0.2, -0.15) is 0 Å². The lowest BCUT2D eigenvalue weighted by atomic mass is 10.2. The summed E-state index contributed by atoms with van der Waals surface area (Å²) in [6.07, 6.45) is 0. The van der Waals surface area contributed by atoms with Crippen LogP contribution in [0.2, 0.25) is 5.02 Å². The van der Waals surface area contributed by atoms with E-state index in [4.69, 9.17) is 11.6 Å². The molecule has 0 unspecified atom stereocenters.